The Morgan fingerprint density at radius 2 is 0.864 bits per heavy atom. The third kappa shape index (κ3) is 40.1. The van der Waals surface area contributed by atoms with Gasteiger partial charge in [-0.2, -0.15) is 0 Å². The Hall–Kier alpha value is -4.53. The lowest BCUT2D eigenvalue weighted by molar-refractivity contribution is -0.157. The molecule has 0 aliphatic rings. The van der Waals surface area contributed by atoms with E-state index in [9.17, 15) is 24.6 Å². The number of nitrogens with one attached hydrogen (secondary N) is 2. The number of allylic oxidation sites excluding steroid dienone is 22. The first kappa shape index (κ1) is 54.5. The molecule has 0 radical (unpaired) electrons. The molecule has 0 aromatic heterocycles. The zero-order valence-corrected chi connectivity index (χ0v) is 36.4. The fraction of sp³-hybridized carbons (Fsp3) is 0.510. The number of carbonyl (C=O) groups excluding carboxylic acids is 3. The van der Waals surface area contributed by atoms with Crippen LogP contribution in [0.25, 0.3) is 0 Å². The van der Waals surface area contributed by atoms with Gasteiger partial charge in [-0.05, 0) is 109 Å². The summed E-state index contributed by atoms with van der Waals surface area (Å²) in [5.41, 5.74) is 0. The highest BCUT2D eigenvalue weighted by Gasteiger charge is 2.24. The maximum Gasteiger partial charge on any atom is 0.329 e. The number of aliphatic hydroxyl groups is 2. The molecule has 0 bridgehead atoms. The monoisotopic (exact) mass is 815 g/mol. The molecular weight excluding hydrogens is 737 g/mol. The van der Waals surface area contributed by atoms with Crippen molar-refractivity contribution in [3.8, 4) is 0 Å². The Labute approximate surface area is 358 Å². The van der Waals surface area contributed by atoms with E-state index in [2.05, 4.69) is 146 Å². The average molecular weight is 815 g/mol. The van der Waals surface area contributed by atoms with E-state index in [-0.39, 0.29) is 18.2 Å². The Balaban J connectivity index is 4.31. The lowest BCUT2D eigenvalue weighted by Crippen LogP contribution is -2.44. The second kappa shape index (κ2) is 44.6. The van der Waals surface area contributed by atoms with Gasteiger partial charge in [0.05, 0.1) is 13.2 Å². The molecule has 59 heavy (non-hydrogen) atoms. The summed E-state index contributed by atoms with van der Waals surface area (Å²) in [7, 11) is 0. The molecule has 1 unspecified atom stereocenters. The number of aliphatic hydroxyl groups excluding tert-OH is 2. The molecule has 0 saturated carbocycles. The number of rotatable bonds is 37. The predicted octanol–water partition coefficient (Wildman–Crippen LogP) is 11.1. The zero-order valence-electron chi connectivity index (χ0n) is 36.4. The first-order valence-corrected chi connectivity index (χ1v) is 22.1. The molecule has 0 rings (SSSR count). The standard InChI is InChI=1S/C51H78N2O6/c1-3-5-7-9-11-13-15-17-19-21-22-24-26-28-30-32-34-36-38-43-50(57)53-48(51(58)59-47(45-54)46-55)41-39-40-44-52-49(56)42-37-35-33-31-29-27-25-23-20-18-16-14-12-10-8-6-4-2/h5-8,11-14,17-20,22,24-25,27-28,30-31,33-34,36,47-48,54-55H,3-4,9-10,15-16,21,23,26,29,32,35,37-46H2,1-2H3,(H,52,56)(H,53,57). The highest BCUT2D eigenvalue weighted by molar-refractivity contribution is 5.84. The van der Waals surface area contributed by atoms with E-state index in [1.807, 2.05) is 12.2 Å². The number of esters is 1. The van der Waals surface area contributed by atoms with Crippen LogP contribution in [0.4, 0.5) is 0 Å². The maximum absolute atomic E-state index is 12.8. The Morgan fingerprint density at radius 3 is 1.27 bits per heavy atom. The van der Waals surface area contributed by atoms with Crippen molar-refractivity contribution >= 4 is 17.8 Å². The molecule has 8 heteroatoms. The second-order valence-electron chi connectivity index (χ2n) is 13.9. The topological polar surface area (TPSA) is 125 Å². The van der Waals surface area contributed by atoms with Crippen LogP contribution in [0.5, 0.6) is 0 Å². The molecule has 0 fully saturated rings. The molecule has 0 saturated heterocycles. The molecule has 0 aromatic rings. The van der Waals surface area contributed by atoms with E-state index in [1.165, 1.54) is 0 Å². The number of hydrogen-bond acceptors (Lipinski definition) is 6. The largest absolute Gasteiger partial charge is 0.456 e. The average Bonchev–Trinajstić information content (AvgIpc) is 3.24. The van der Waals surface area contributed by atoms with E-state index in [4.69, 9.17) is 4.74 Å². The summed E-state index contributed by atoms with van der Waals surface area (Å²) >= 11 is 0. The van der Waals surface area contributed by atoms with Crippen molar-refractivity contribution in [2.75, 3.05) is 19.8 Å². The SMILES string of the molecule is CCC=CCC=CCC=CCC=CCC=CCC=CCCC(=O)NC(CCCCNC(=O)CCCC=CCC=CCC=CCC=CCC=CCC)C(=O)OC(CO)CO. The van der Waals surface area contributed by atoms with Crippen LogP contribution in [0, 0.1) is 0 Å². The second-order valence-corrected chi connectivity index (χ2v) is 13.9. The minimum absolute atomic E-state index is 0.00949. The van der Waals surface area contributed by atoms with Gasteiger partial charge in [0, 0.05) is 19.4 Å². The number of ether oxygens (including phenoxy) is 1. The highest BCUT2D eigenvalue weighted by atomic mass is 16.6. The van der Waals surface area contributed by atoms with E-state index < -0.39 is 31.3 Å². The molecule has 4 N–H and O–H groups in total. The fourth-order valence-corrected chi connectivity index (χ4v) is 5.29. The molecule has 8 nitrogen and oxygen atoms in total. The highest BCUT2D eigenvalue weighted by Crippen LogP contribution is 2.07. The van der Waals surface area contributed by atoms with Crippen molar-refractivity contribution < 1.29 is 29.3 Å². The normalized spacial score (nSPS) is 13.4. The Kier molecular flexibility index (Phi) is 41.1. The number of amides is 2. The summed E-state index contributed by atoms with van der Waals surface area (Å²) in [4.78, 5) is 37.8. The molecule has 0 spiro atoms. The minimum Gasteiger partial charge on any atom is -0.456 e. The van der Waals surface area contributed by atoms with Crippen molar-refractivity contribution in [2.45, 2.75) is 148 Å². The van der Waals surface area contributed by atoms with E-state index in [0.29, 0.717) is 38.6 Å². The van der Waals surface area contributed by atoms with Crippen LogP contribution in [-0.2, 0) is 19.1 Å². The summed E-state index contributed by atoms with van der Waals surface area (Å²) in [6.07, 6.45) is 61.0. The molecule has 1 atom stereocenters. The third-order valence-corrected chi connectivity index (χ3v) is 8.62. The van der Waals surface area contributed by atoms with Crippen molar-refractivity contribution in [3.05, 3.63) is 134 Å². The van der Waals surface area contributed by atoms with E-state index >= 15 is 0 Å². The molecular formula is C51H78N2O6. The smallest absolute Gasteiger partial charge is 0.329 e. The van der Waals surface area contributed by atoms with Crippen molar-refractivity contribution in [1.29, 1.82) is 0 Å². The summed E-state index contributed by atoms with van der Waals surface area (Å²) in [5.74, 6) is -0.985. The van der Waals surface area contributed by atoms with Crippen molar-refractivity contribution in [3.63, 3.8) is 0 Å². The van der Waals surface area contributed by atoms with Crippen LogP contribution < -0.4 is 10.6 Å². The van der Waals surface area contributed by atoms with Gasteiger partial charge in [-0.25, -0.2) is 4.79 Å². The van der Waals surface area contributed by atoms with Gasteiger partial charge in [-0.3, -0.25) is 9.59 Å². The van der Waals surface area contributed by atoms with E-state index in [0.717, 1.165) is 83.5 Å². The lowest BCUT2D eigenvalue weighted by atomic mass is 10.1. The van der Waals surface area contributed by atoms with Gasteiger partial charge in [-0.1, -0.05) is 148 Å². The van der Waals surface area contributed by atoms with Crippen molar-refractivity contribution in [2.24, 2.45) is 0 Å². The minimum atomic E-state index is -1.05. The summed E-state index contributed by atoms with van der Waals surface area (Å²) in [6, 6.07) is -0.910. The van der Waals surface area contributed by atoms with Crippen molar-refractivity contribution in [1.82, 2.24) is 10.6 Å². The summed E-state index contributed by atoms with van der Waals surface area (Å²) in [5, 5.41) is 24.4. The summed E-state index contributed by atoms with van der Waals surface area (Å²) < 4.78 is 5.20. The van der Waals surface area contributed by atoms with Gasteiger partial charge < -0.3 is 25.6 Å². The zero-order chi connectivity index (χ0) is 43.1. The van der Waals surface area contributed by atoms with Crippen LogP contribution in [-0.4, -0.2) is 59.9 Å². The molecule has 0 aromatic carbocycles. The maximum atomic E-state index is 12.8. The van der Waals surface area contributed by atoms with Crippen LogP contribution in [0.3, 0.4) is 0 Å². The van der Waals surface area contributed by atoms with Crippen LogP contribution >= 0.6 is 0 Å². The van der Waals surface area contributed by atoms with Gasteiger partial charge in [0.1, 0.15) is 12.1 Å². The lowest BCUT2D eigenvalue weighted by Gasteiger charge is -2.20. The number of carbonyl (C=O) groups is 3. The van der Waals surface area contributed by atoms with Gasteiger partial charge in [0.2, 0.25) is 11.8 Å². The number of hydrogen-bond donors (Lipinski definition) is 4. The predicted molar refractivity (Wildman–Crippen MR) is 249 cm³/mol. The van der Waals surface area contributed by atoms with E-state index in [1.54, 1.807) is 0 Å². The van der Waals surface area contributed by atoms with Gasteiger partial charge >= 0.3 is 5.97 Å². The molecule has 2 amide bonds. The van der Waals surface area contributed by atoms with Gasteiger partial charge in [0.25, 0.3) is 0 Å². The first-order chi connectivity index (χ1) is 29.0. The first-order valence-electron chi connectivity index (χ1n) is 22.1. The molecule has 0 aliphatic heterocycles. The number of unbranched alkanes of at least 4 members (excludes halogenated alkanes) is 2. The van der Waals surface area contributed by atoms with Gasteiger partial charge in [-0.15, -0.1) is 0 Å². The quantitative estimate of drug-likeness (QED) is 0.0281. The molecule has 0 aliphatic carbocycles. The fourth-order valence-electron chi connectivity index (χ4n) is 5.29. The van der Waals surface area contributed by atoms with Crippen LogP contribution in [0.1, 0.15) is 136 Å². The molecule has 0 heterocycles. The third-order valence-electron chi connectivity index (χ3n) is 8.62. The van der Waals surface area contributed by atoms with Gasteiger partial charge in [0.15, 0.2) is 0 Å². The molecule has 328 valence electrons. The summed E-state index contributed by atoms with van der Waals surface area (Å²) in [6.45, 7) is 3.72. The van der Waals surface area contributed by atoms with Crippen LogP contribution in [0.15, 0.2) is 134 Å². The Bertz CT molecular complexity index is 1370. The van der Waals surface area contributed by atoms with Crippen LogP contribution in [0.2, 0.25) is 0 Å². The Morgan fingerprint density at radius 1 is 0.475 bits per heavy atom.